The van der Waals surface area contributed by atoms with Gasteiger partial charge in [0.1, 0.15) is 0 Å². The molecule has 0 saturated heterocycles. The van der Waals surface area contributed by atoms with Gasteiger partial charge in [-0.1, -0.05) is 40.5 Å². The summed E-state index contributed by atoms with van der Waals surface area (Å²) in [6.07, 6.45) is 6.72. The van der Waals surface area contributed by atoms with Crippen molar-refractivity contribution in [3.05, 3.63) is 6.42 Å². The van der Waals surface area contributed by atoms with E-state index in [0.29, 0.717) is 5.41 Å². The molecule has 0 aliphatic heterocycles. The van der Waals surface area contributed by atoms with Gasteiger partial charge in [0.15, 0.2) is 0 Å². The van der Waals surface area contributed by atoms with Gasteiger partial charge in [0.05, 0.1) is 0 Å². The lowest BCUT2D eigenvalue weighted by Crippen LogP contribution is -1.92. The van der Waals surface area contributed by atoms with Gasteiger partial charge in [-0.05, 0) is 30.1 Å². The van der Waals surface area contributed by atoms with Crippen molar-refractivity contribution in [2.24, 2.45) is 17.3 Å². The maximum absolute atomic E-state index is 2.48. The molecule has 1 radical (unpaired) electrons. The summed E-state index contributed by atoms with van der Waals surface area (Å²) >= 11 is 0. The van der Waals surface area contributed by atoms with Crippen LogP contribution >= 0.6 is 0 Å². The van der Waals surface area contributed by atoms with Crippen LogP contribution in [0.1, 0.15) is 47.0 Å². The van der Waals surface area contributed by atoms with E-state index in [9.17, 15) is 0 Å². The van der Waals surface area contributed by atoms with E-state index in [0.717, 1.165) is 11.8 Å². The maximum Gasteiger partial charge on any atom is -0.0289 e. The van der Waals surface area contributed by atoms with Crippen LogP contribution in [-0.4, -0.2) is 0 Å². The van der Waals surface area contributed by atoms with E-state index in [1.165, 1.54) is 19.3 Å². The number of hydrogen-bond donors (Lipinski definition) is 0. The van der Waals surface area contributed by atoms with E-state index in [1.54, 1.807) is 0 Å². The monoisotopic (exact) mass is 153 g/mol. The van der Waals surface area contributed by atoms with Crippen LogP contribution in [0.3, 0.4) is 0 Å². The molecule has 65 valence electrons. The third kappa shape index (κ3) is 2.84. The first-order valence-corrected chi connectivity index (χ1v) is 4.88. The fourth-order valence-electron chi connectivity index (χ4n) is 1.67. The van der Waals surface area contributed by atoms with Gasteiger partial charge in [0.25, 0.3) is 0 Å². The molecule has 0 aromatic rings. The van der Waals surface area contributed by atoms with Crippen molar-refractivity contribution in [1.82, 2.24) is 0 Å². The highest BCUT2D eigenvalue weighted by Crippen LogP contribution is 2.52. The van der Waals surface area contributed by atoms with Gasteiger partial charge < -0.3 is 0 Å². The highest BCUT2D eigenvalue weighted by molar-refractivity contribution is 5.12. The van der Waals surface area contributed by atoms with Gasteiger partial charge in [0.2, 0.25) is 0 Å². The molecule has 11 heavy (non-hydrogen) atoms. The Hall–Kier alpha value is 0. The minimum Gasteiger partial charge on any atom is -0.0628 e. The molecule has 0 aromatic heterocycles. The van der Waals surface area contributed by atoms with Crippen molar-refractivity contribution in [3.8, 4) is 0 Å². The van der Waals surface area contributed by atoms with Gasteiger partial charge in [0, 0.05) is 0 Å². The third-order valence-corrected chi connectivity index (χ3v) is 2.77. The Morgan fingerprint density at radius 3 is 2.27 bits per heavy atom. The van der Waals surface area contributed by atoms with E-state index in [-0.39, 0.29) is 0 Å². The quantitative estimate of drug-likeness (QED) is 0.578. The fourth-order valence-corrected chi connectivity index (χ4v) is 1.67. The summed E-state index contributed by atoms with van der Waals surface area (Å²) in [6.45, 7) is 9.30. The largest absolute Gasteiger partial charge is 0.0628 e. The van der Waals surface area contributed by atoms with Crippen LogP contribution in [0.4, 0.5) is 0 Å². The molecule has 0 N–H and O–H groups in total. The molecule has 0 heterocycles. The van der Waals surface area contributed by atoms with Crippen LogP contribution < -0.4 is 0 Å². The van der Waals surface area contributed by atoms with Crippen LogP contribution in [-0.2, 0) is 0 Å². The van der Waals surface area contributed by atoms with Gasteiger partial charge >= 0.3 is 0 Å². The third-order valence-electron chi connectivity index (χ3n) is 2.77. The average Bonchev–Trinajstić information content (AvgIpc) is 2.39. The van der Waals surface area contributed by atoms with Gasteiger partial charge in [-0.2, -0.15) is 0 Å². The lowest BCUT2D eigenvalue weighted by atomic mass is 10.0. The Kier molecular flexibility index (Phi) is 2.61. The molecule has 1 saturated carbocycles. The predicted octanol–water partition coefficient (Wildman–Crippen LogP) is 3.67. The first-order valence-electron chi connectivity index (χ1n) is 4.88. The van der Waals surface area contributed by atoms with Crippen LogP contribution in [0.15, 0.2) is 0 Å². The smallest absolute Gasteiger partial charge is 0.0289 e. The number of rotatable bonds is 4. The van der Waals surface area contributed by atoms with Gasteiger partial charge in [-0.3, -0.25) is 0 Å². The zero-order valence-corrected chi connectivity index (χ0v) is 8.35. The molecule has 0 aromatic carbocycles. The Morgan fingerprint density at radius 1 is 1.36 bits per heavy atom. The summed E-state index contributed by atoms with van der Waals surface area (Å²) in [5, 5.41) is 0. The lowest BCUT2D eigenvalue weighted by Gasteiger charge is -2.05. The minimum absolute atomic E-state index is 0.580. The molecule has 1 rings (SSSR count). The summed E-state index contributed by atoms with van der Waals surface area (Å²) in [5.41, 5.74) is 0.580. The zero-order chi connectivity index (χ0) is 8.48. The van der Waals surface area contributed by atoms with Crippen LogP contribution in [0.25, 0.3) is 0 Å². The van der Waals surface area contributed by atoms with Crippen LogP contribution in [0.2, 0.25) is 0 Å². The van der Waals surface area contributed by atoms with Crippen molar-refractivity contribution in [1.29, 1.82) is 0 Å². The molecule has 1 aliphatic carbocycles. The Bertz CT molecular complexity index is 122. The molecule has 0 heteroatoms. The van der Waals surface area contributed by atoms with Crippen molar-refractivity contribution in [3.63, 3.8) is 0 Å². The average molecular weight is 153 g/mol. The van der Waals surface area contributed by atoms with E-state index in [1.807, 2.05) is 0 Å². The Balaban J connectivity index is 1.98. The zero-order valence-electron chi connectivity index (χ0n) is 8.35. The molecule has 1 unspecified atom stereocenters. The SMILES string of the molecule is CC(C)CCCC1[CH]C1(C)C. The normalized spacial score (nSPS) is 27.5. The molecule has 0 bridgehead atoms. The second-order valence-corrected chi connectivity index (χ2v) is 4.92. The van der Waals surface area contributed by atoms with Crippen molar-refractivity contribution < 1.29 is 0 Å². The van der Waals surface area contributed by atoms with Crippen molar-refractivity contribution in [2.45, 2.75) is 47.0 Å². The molecular weight excluding hydrogens is 132 g/mol. The van der Waals surface area contributed by atoms with E-state index < -0.39 is 0 Å². The summed E-state index contributed by atoms with van der Waals surface area (Å²) < 4.78 is 0. The summed E-state index contributed by atoms with van der Waals surface area (Å²) in [6, 6.07) is 0. The number of hydrogen-bond acceptors (Lipinski definition) is 0. The first-order chi connectivity index (χ1) is 5.02. The fraction of sp³-hybridized carbons (Fsp3) is 0.909. The lowest BCUT2D eigenvalue weighted by molar-refractivity contribution is 0.473. The first kappa shape index (κ1) is 9.09. The molecule has 1 aliphatic rings. The Labute approximate surface area is 71.4 Å². The second kappa shape index (κ2) is 3.16. The van der Waals surface area contributed by atoms with Crippen molar-refractivity contribution in [2.75, 3.05) is 0 Å². The van der Waals surface area contributed by atoms with E-state index in [4.69, 9.17) is 0 Å². The topological polar surface area (TPSA) is 0 Å². The second-order valence-electron chi connectivity index (χ2n) is 4.92. The van der Waals surface area contributed by atoms with Crippen LogP contribution in [0, 0.1) is 23.7 Å². The van der Waals surface area contributed by atoms with Crippen LogP contribution in [0.5, 0.6) is 0 Å². The van der Waals surface area contributed by atoms with Gasteiger partial charge in [-0.15, -0.1) is 0 Å². The molecule has 1 fully saturated rings. The highest BCUT2D eigenvalue weighted by atomic mass is 14.5. The molecular formula is C11H21. The van der Waals surface area contributed by atoms with E-state index in [2.05, 4.69) is 34.1 Å². The summed E-state index contributed by atoms with van der Waals surface area (Å²) in [5.74, 6) is 1.82. The molecule has 1 atom stereocenters. The molecule has 0 nitrogen and oxygen atoms in total. The predicted molar refractivity (Wildman–Crippen MR) is 50.3 cm³/mol. The standard InChI is InChI=1S/C11H21/c1-9(2)6-5-7-10-8-11(10,3)4/h8-10H,5-7H2,1-4H3. The van der Waals surface area contributed by atoms with Crippen molar-refractivity contribution >= 4 is 0 Å². The Morgan fingerprint density at radius 2 is 1.91 bits per heavy atom. The van der Waals surface area contributed by atoms with E-state index >= 15 is 0 Å². The molecule has 0 amide bonds. The van der Waals surface area contributed by atoms with Gasteiger partial charge in [-0.25, -0.2) is 0 Å². The maximum atomic E-state index is 2.48. The highest BCUT2D eigenvalue weighted by Gasteiger charge is 2.44. The molecule has 0 spiro atoms. The minimum atomic E-state index is 0.580. The summed E-state index contributed by atoms with van der Waals surface area (Å²) in [4.78, 5) is 0. The summed E-state index contributed by atoms with van der Waals surface area (Å²) in [7, 11) is 0.